The average Bonchev–Trinajstić information content (AvgIpc) is 2.46. The maximum Gasteiger partial charge on any atom is 0.221 e. The second kappa shape index (κ2) is 7.07. The van der Waals surface area contributed by atoms with Gasteiger partial charge in [0.15, 0.2) is 0 Å². The van der Waals surface area contributed by atoms with Crippen molar-refractivity contribution in [3.05, 3.63) is 0 Å². The lowest BCUT2D eigenvalue weighted by atomic mass is 9.95. The fourth-order valence-corrected chi connectivity index (χ4v) is 5.22. The van der Waals surface area contributed by atoms with Crippen LogP contribution >= 0.6 is 0 Å². The monoisotopic (exact) mass is 317 g/mol. The Bertz CT molecular complexity index is 460. The van der Waals surface area contributed by atoms with Crippen LogP contribution in [0.4, 0.5) is 0 Å². The predicted molar refractivity (Wildman–Crippen MR) is 82.1 cm³/mol. The summed E-state index contributed by atoms with van der Waals surface area (Å²) in [5.74, 6) is -0.0450. The molecule has 7 heteroatoms. The molecule has 1 amide bonds. The largest absolute Gasteiger partial charge is 0.369 e. The number of piperidine rings is 2. The molecule has 0 aromatic heterocycles. The fourth-order valence-electron chi connectivity index (χ4n) is 3.30. The average molecular weight is 317 g/mol. The number of carbonyl (C=O) groups is 1. The van der Waals surface area contributed by atoms with E-state index in [2.05, 4.69) is 5.32 Å². The quantitative estimate of drug-likeness (QED) is 0.762. The highest BCUT2D eigenvalue weighted by atomic mass is 32.2. The topological polar surface area (TPSA) is 92.5 Å². The van der Waals surface area contributed by atoms with Gasteiger partial charge in [-0.3, -0.25) is 4.79 Å². The highest BCUT2D eigenvalue weighted by Gasteiger charge is 2.35. The van der Waals surface area contributed by atoms with Crippen molar-refractivity contribution in [3.63, 3.8) is 0 Å². The molecule has 2 fully saturated rings. The van der Waals surface area contributed by atoms with E-state index in [4.69, 9.17) is 5.73 Å². The number of nitrogens with two attached hydrogens (primary N) is 1. The van der Waals surface area contributed by atoms with Crippen molar-refractivity contribution in [3.8, 4) is 0 Å². The Morgan fingerprint density at radius 3 is 2.52 bits per heavy atom. The van der Waals surface area contributed by atoms with Crippen molar-refractivity contribution in [2.24, 2.45) is 17.6 Å². The molecule has 6 nitrogen and oxygen atoms in total. The van der Waals surface area contributed by atoms with E-state index in [-0.39, 0.29) is 30.2 Å². The van der Waals surface area contributed by atoms with E-state index < -0.39 is 10.0 Å². The number of hydrogen-bond donors (Lipinski definition) is 2. The number of nitrogens with one attached hydrogen (secondary N) is 1. The van der Waals surface area contributed by atoms with Crippen LogP contribution in [-0.4, -0.2) is 50.1 Å². The number of rotatable bonds is 5. The van der Waals surface area contributed by atoms with Crippen molar-refractivity contribution in [1.82, 2.24) is 9.62 Å². The van der Waals surface area contributed by atoms with Gasteiger partial charge in [0.2, 0.25) is 15.9 Å². The van der Waals surface area contributed by atoms with Crippen molar-refractivity contribution in [2.75, 3.05) is 25.4 Å². The third-order valence-electron chi connectivity index (χ3n) is 4.83. The van der Waals surface area contributed by atoms with Crippen LogP contribution in [0.25, 0.3) is 0 Å². The highest BCUT2D eigenvalue weighted by molar-refractivity contribution is 7.89. The first-order chi connectivity index (χ1) is 9.90. The van der Waals surface area contributed by atoms with E-state index in [9.17, 15) is 13.2 Å². The molecule has 2 aliphatic rings. The molecule has 2 aliphatic heterocycles. The Balaban J connectivity index is 1.94. The molecule has 0 aromatic carbocycles. The SMILES string of the molecule is CC1CCC(C(N)=O)CN1S(=O)(=O)CCC1CCNCC1. The minimum Gasteiger partial charge on any atom is -0.369 e. The zero-order valence-electron chi connectivity index (χ0n) is 12.8. The van der Waals surface area contributed by atoms with Gasteiger partial charge >= 0.3 is 0 Å². The van der Waals surface area contributed by atoms with Crippen molar-refractivity contribution in [1.29, 1.82) is 0 Å². The van der Waals surface area contributed by atoms with E-state index in [1.165, 1.54) is 4.31 Å². The van der Waals surface area contributed by atoms with E-state index in [0.29, 0.717) is 25.2 Å². The lowest BCUT2D eigenvalue weighted by Crippen LogP contribution is -2.49. The molecule has 0 aromatic rings. The molecule has 0 saturated carbocycles. The minimum absolute atomic E-state index is 0.0291. The normalized spacial score (nSPS) is 29.4. The smallest absolute Gasteiger partial charge is 0.221 e. The van der Waals surface area contributed by atoms with Gasteiger partial charge in [-0.05, 0) is 58.0 Å². The Morgan fingerprint density at radius 1 is 1.24 bits per heavy atom. The van der Waals surface area contributed by atoms with E-state index >= 15 is 0 Å². The molecule has 3 N–H and O–H groups in total. The summed E-state index contributed by atoms with van der Waals surface area (Å²) >= 11 is 0. The van der Waals surface area contributed by atoms with Gasteiger partial charge in [-0.1, -0.05) is 0 Å². The summed E-state index contributed by atoms with van der Waals surface area (Å²) in [6.45, 7) is 4.13. The van der Waals surface area contributed by atoms with Gasteiger partial charge in [-0.25, -0.2) is 8.42 Å². The molecule has 0 aliphatic carbocycles. The van der Waals surface area contributed by atoms with Crippen LogP contribution < -0.4 is 11.1 Å². The Kier molecular flexibility index (Phi) is 5.62. The maximum absolute atomic E-state index is 12.6. The first-order valence-corrected chi connectivity index (χ1v) is 9.50. The van der Waals surface area contributed by atoms with Gasteiger partial charge in [0.05, 0.1) is 11.7 Å². The van der Waals surface area contributed by atoms with Crippen LogP contribution in [-0.2, 0) is 14.8 Å². The molecule has 0 spiro atoms. The van der Waals surface area contributed by atoms with Gasteiger partial charge in [-0.15, -0.1) is 0 Å². The lowest BCUT2D eigenvalue weighted by molar-refractivity contribution is -0.123. The number of primary amides is 1. The van der Waals surface area contributed by atoms with Crippen LogP contribution in [0.1, 0.15) is 39.0 Å². The molecule has 2 heterocycles. The third kappa shape index (κ3) is 4.40. The van der Waals surface area contributed by atoms with Crippen molar-refractivity contribution >= 4 is 15.9 Å². The molecular formula is C14H27N3O3S. The van der Waals surface area contributed by atoms with Crippen LogP contribution in [0, 0.1) is 11.8 Å². The Morgan fingerprint density at radius 2 is 1.90 bits per heavy atom. The Labute approximate surface area is 127 Å². The summed E-state index contributed by atoms with van der Waals surface area (Å²) in [4.78, 5) is 11.3. The zero-order chi connectivity index (χ0) is 15.5. The lowest BCUT2D eigenvalue weighted by Gasteiger charge is -2.36. The molecule has 122 valence electrons. The number of hydrogen-bond acceptors (Lipinski definition) is 4. The minimum atomic E-state index is -3.29. The zero-order valence-corrected chi connectivity index (χ0v) is 13.6. The van der Waals surface area contributed by atoms with Gasteiger partial charge < -0.3 is 11.1 Å². The summed E-state index contributed by atoms with van der Waals surface area (Å²) in [7, 11) is -3.29. The fraction of sp³-hybridized carbons (Fsp3) is 0.929. The summed E-state index contributed by atoms with van der Waals surface area (Å²) in [5, 5.41) is 3.29. The van der Waals surface area contributed by atoms with Crippen LogP contribution in [0.5, 0.6) is 0 Å². The molecular weight excluding hydrogens is 290 g/mol. The van der Waals surface area contributed by atoms with E-state index in [1.807, 2.05) is 6.92 Å². The first kappa shape index (κ1) is 16.7. The second-order valence-corrected chi connectivity index (χ2v) is 8.43. The van der Waals surface area contributed by atoms with Gasteiger partial charge in [0, 0.05) is 12.6 Å². The van der Waals surface area contributed by atoms with Crippen LogP contribution in [0.15, 0.2) is 0 Å². The second-order valence-electron chi connectivity index (χ2n) is 6.39. The maximum atomic E-state index is 12.6. The van der Waals surface area contributed by atoms with Gasteiger partial charge in [0.25, 0.3) is 0 Å². The molecule has 2 saturated heterocycles. The summed E-state index contributed by atoms with van der Waals surface area (Å²) in [6, 6.07) is -0.0291. The van der Waals surface area contributed by atoms with Crippen molar-refractivity contribution in [2.45, 2.75) is 45.1 Å². The van der Waals surface area contributed by atoms with Crippen LogP contribution in [0.3, 0.4) is 0 Å². The van der Waals surface area contributed by atoms with E-state index in [0.717, 1.165) is 25.9 Å². The molecule has 2 rings (SSSR count). The number of amides is 1. The molecule has 2 unspecified atom stereocenters. The molecule has 2 atom stereocenters. The summed E-state index contributed by atoms with van der Waals surface area (Å²) in [5.41, 5.74) is 5.34. The molecule has 0 bridgehead atoms. The van der Waals surface area contributed by atoms with Crippen molar-refractivity contribution < 1.29 is 13.2 Å². The van der Waals surface area contributed by atoms with E-state index in [1.54, 1.807) is 0 Å². The number of nitrogens with zero attached hydrogens (tertiary/aromatic N) is 1. The summed E-state index contributed by atoms with van der Waals surface area (Å²) in [6.07, 6.45) is 4.22. The van der Waals surface area contributed by atoms with Gasteiger partial charge in [0.1, 0.15) is 0 Å². The molecule has 0 radical (unpaired) electrons. The Hall–Kier alpha value is -0.660. The summed E-state index contributed by atoms with van der Waals surface area (Å²) < 4.78 is 26.6. The standard InChI is InChI=1S/C14H27N3O3S/c1-11-2-3-13(14(15)18)10-17(11)21(19,20)9-6-12-4-7-16-8-5-12/h11-13,16H,2-10H2,1H3,(H2,15,18). The molecule has 21 heavy (non-hydrogen) atoms. The van der Waals surface area contributed by atoms with Crippen LogP contribution in [0.2, 0.25) is 0 Å². The number of carbonyl (C=O) groups excluding carboxylic acids is 1. The van der Waals surface area contributed by atoms with Gasteiger partial charge in [-0.2, -0.15) is 4.31 Å². The number of sulfonamides is 1. The highest BCUT2D eigenvalue weighted by Crippen LogP contribution is 2.26. The third-order valence-corrected chi connectivity index (χ3v) is 6.80. The predicted octanol–water partition coefficient (Wildman–Crippen LogP) is 0.292. The first-order valence-electron chi connectivity index (χ1n) is 7.89.